The fourth-order valence-corrected chi connectivity index (χ4v) is 3.21. The molecule has 1 aliphatic carbocycles. The van der Waals surface area contributed by atoms with Crippen LogP contribution in [0.5, 0.6) is 0 Å². The van der Waals surface area contributed by atoms with Gasteiger partial charge in [0, 0.05) is 38.3 Å². The summed E-state index contributed by atoms with van der Waals surface area (Å²) in [7, 11) is 6.13. The molecule has 0 saturated heterocycles. The minimum Gasteiger partial charge on any atom is -0.396 e. The van der Waals surface area contributed by atoms with E-state index in [1.807, 2.05) is 19.0 Å². The van der Waals surface area contributed by atoms with Crippen molar-refractivity contribution in [3.8, 4) is 0 Å². The molecule has 19 heavy (non-hydrogen) atoms. The lowest BCUT2D eigenvalue weighted by molar-refractivity contribution is 0.123. The van der Waals surface area contributed by atoms with E-state index in [1.165, 1.54) is 24.4 Å². The summed E-state index contributed by atoms with van der Waals surface area (Å²) in [6, 6.07) is 0.606. The molecule has 0 bridgehead atoms. The third-order valence-corrected chi connectivity index (χ3v) is 4.85. The highest BCUT2D eigenvalue weighted by Crippen LogP contribution is 2.27. The van der Waals surface area contributed by atoms with Crippen molar-refractivity contribution in [2.75, 3.05) is 32.6 Å². The Morgan fingerprint density at radius 1 is 1.21 bits per heavy atom. The molecule has 0 unspecified atom stereocenters. The molecule has 2 rings (SSSR count). The molecule has 0 aliphatic heterocycles. The zero-order valence-electron chi connectivity index (χ0n) is 12.0. The predicted molar refractivity (Wildman–Crippen MR) is 78.5 cm³/mol. The molecule has 1 heterocycles. The van der Waals surface area contributed by atoms with Gasteiger partial charge in [-0.25, -0.2) is 4.98 Å². The summed E-state index contributed by atoms with van der Waals surface area (Å²) in [6.45, 7) is 1.16. The maximum Gasteiger partial charge on any atom is 0.204 e. The minimum absolute atomic E-state index is 0.344. The van der Waals surface area contributed by atoms with E-state index in [2.05, 4.69) is 21.3 Å². The topological polar surface area (TPSA) is 52.5 Å². The molecule has 0 radical (unpaired) electrons. The summed E-state index contributed by atoms with van der Waals surface area (Å²) in [4.78, 5) is 8.88. The molecule has 1 aliphatic rings. The quantitative estimate of drug-likeness (QED) is 0.890. The third-order valence-electron chi connectivity index (χ3n) is 3.93. The largest absolute Gasteiger partial charge is 0.396 e. The lowest BCUT2D eigenvalue weighted by atomic mass is 9.86. The normalized spacial score (nSPS) is 23.8. The van der Waals surface area contributed by atoms with Gasteiger partial charge in [0.05, 0.1) is 6.54 Å². The Kier molecular flexibility index (Phi) is 5.13. The Morgan fingerprint density at radius 3 is 2.42 bits per heavy atom. The predicted octanol–water partition coefficient (Wildman–Crippen LogP) is 1.59. The van der Waals surface area contributed by atoms with Crippen LogP contribution in [-0.2, 0) is 6.54 Å². The van der Waals surface area contributed by atoms with E-state index in [0.717, 1.165) is 30.3 Å². The Morgan fingerprint density at radius 2 is 1.89 bits per heavy atom. The number of aliphatic hydroxyl groups is 1. The molecule has 6 heteroatoms. The van der Waals surface area contributed by atoms with Crippen LogP contribution in [0.3, 0.4) is 0 Å². The second-order valence-corrected chi connectivity index (χ2v) is 6.39. The minimum atomic E-state index is 0.344. The van der Waals surface area contributed by atoms with Gasteiger partial charge in [-0.1, -0.05) is 0 Å². The molecule has 1 saturated carbocycles. The first kappa shape index (κ1) is 14.7. The molecule has 1 aromatic rings. The van der Waals surface area contributed by atoms with Gasteiger partial charge in [-0.05, 0) is 38.6 Å². The first-order valence-electron chi connectivity index (χ1n) is 6.91. The Balaban J connectivity index is 1.85. The Bertz CT molecular complexity index is 388. The van der Waals surface area contributed by atoms with Gasteiger partial charge in [-0.3, -0.25) is 4.90 Å². The van der Waals surface area contributed by atoms with Crippen molar-refractivity contribution in [3.05, 3.63) is 5.82 Å². The van der Waals surface area contributed by atoms with Crippen LogP contribution in [0.2, 0.25) is 0 Å². The van der Waals surface area contributed by atoms with Gasteiger partial charge in [0.25, 0.3) is 0 Å². The molecule has 5 nitrogen and oxygen atoms in total. The van der Waals surface area contributed by atoms with Crippen LogP contribution < -0.4 is 4.90 Å². The van der Waals surface area contributed by atoms with Crippen molar-refractivity contribution >= 4 is 16.7 Å². The second-order valence-electron chi connectivity index (χ2n) is 5.66. The van der Waals surface area contributed by atoms with E-state index in [9.17, 15) is 0 Å². The number of anilines is 1. The fraction of sp³-hybridized carbons (Fsp3) is 0.846. The number of rotatable bonds is 5. The van der Waals surface area contributed by atoms with Gasteiger partial charge in [0.1, 0.15) is 0 Å². The average molecular weight is 284 g/mol. The van der Waals surface area contributed by atoms with Crippen molar-refractivity contribution in [2.24, 2.45) is 5.92 Å². The number of nitrogens with zero attached hydrogens (tertiary/aromatic N) is 4. The van der Waals surface area contributed by atoms with E-state index in [1.54, 1.807) is 0 Å². The molecular weight excluding hydrogens is 260 g/mol. The summed E-state index contributed by atoms with van der Waals surface area (Å²) < 4.78 is 4.41. The Labute approximate surface area is 119 Å². The standard InChI is InChI=1S/C13H24N4OS/c1-16(2)13-14-12(15-19-13)8-17(3)11-6-4-10(9-18)5-7-11/h10-11,18H,4-9H2,1-3H3. The lowest BCUT2D eigenvalue weighted by Crippen LogP contribution is -2.35. The maximum absolute atomic E-state index is 9.17. The van der Waals surface area contributed by atoms with Crippen LogP contribution in [0.25, 0.3) is 0 Å². The van der Waals surface area contributed by atoms with E-state index < -0.39 is 0 Å². The maximum atomic E-state index is 9.17. The highest BCUT2D eigenvalue weighted by Gasteiger charge is 2.24. The SMILES string of the molecule is CN(C)c1nc(CN(C)C2CCC(CO)CC2)ns1. The van der Waals surface area contributed by atoms with E-state index >= 15 is 0 Å². The molecule has 0 atom stereocenters. The highest BCUT2D eigenvalue weighted by molar-refractivity contribution is 7.09. The van der Waals surface area contributed by atoms with Crippen LogP contribution in [0.15, 0.2) is 0 Å². The van der Waals surface area contributed by atoms with Crippen molar-refractivity contribution < 1.29 is 5.11 Å². The average Bonchev–Trinajstić information content (AvgIpc) is 2.87. The van der Waals surface area contributed by atoms with Gasteiger partial charge in [-0.2, -0.15) is 4.37 Å². The molecule has 0 amide bonds. The van der Waals surface area contributed by atoms with E-state index in [0.29, 0.717) is 18.6 Å². The molecule has 0 aromatic carbocycles. The number of aliphatic hydroxyl groups excluding tert-OH is 1. The first-order chi connectivity index (χ1) is 9.10. The zero-order chi connectivity index (χ0) is 13.8. The number of hydrogen-bond acceptors (Lipinski definition) is 6. The van der Waals surface area contributed by atoms with E-state index in [4.69, 9.17) is 5.11 Å². The molecular formula is C13H24N4OS. The van der Waals surface area contributed by atoms with Crippen molar-refractivity contribution in [1.29, 1.82) is 0 Å². The van der Waals surface area contributed by atoms with Gasteiger partial charge in [0.2, 0.25) is 5.13 Å². The summed E-state index contributed by atoms with van der Waals surface area (Å²) in [5, 5.41) is 10.1. The smallest absolute Gasteiger partial charge is 0.204 e. The zero-order valence-corrected chi connectivity index (χ0v) is 12.9. The molecule has 108 valence electrons. The molecule has 1 fully saturated rings. The fourth-order valence-electron chi connectivity index (χ4n) is 2.61. The summed E-state index contributed by atoms with van der Waals surface area (Å²) >= 11 is 1.46. The number of aromatic nitrogens is 2. The van der Waals surface area contributed by atoms with Gasteiger partial charge < -0.3 is 10.0 Å². The lowest BCUT2D eigenvalue weighted by Gasteiger charge is -2.33. The van der Waals surface area contributed by atoms with Crippen molar-refractivity contribution in [3.63, 3.8) is 0 Å². The van der Waals surface area contributed by atoms with E-state index in [-0.39, 0.29) is 0 Å². The third kappa shape index (κ3) is 3.87. The highest BCUT2D eigenvalue weighted by atomic mass is 32.1. The molecule has 1 N–H and O–H groups in total. The Hall–Kier alpha value is -0.720. The van der Waals surface area contributed by atoms with Gasteiger partial charge in [-0.15, -0.1) is 0 Å². The summed E-state index contributed by atoms with van der Waals surface area (Å²) in [6.07, 6.45) is 4.62. The second kappa shape index (κ2) is 6.63. The van der Waals surface area contributed by atoms with Gasteiger partial charge >= 0.3 is 0 Å². The van der Waals surface area contributed by atoms with Crippen LogP contribution in [0, 0.1) is 5.92 Å². The van der Waals surface area contributed by atoms with Crippen LogP contribution in [0.1, 0.15) is 31.5 Å². The van der Waals surface area contributed by atoms with Crippen molar-refractivity contribution in [2.45, 2.75) is 38.3 Å². The summed E-state index contributed by atoms with van der Waals surface area (Å²) in [5.74, 6) is 1.43. The molecule has 1 aromatic heterocycles. The summed E-state index contributed by atoms with van der Waals surface area (Å²) in [5.41, 5.74) is 0. The van der Waals surface area contributed by atoms with Gasteiger partial charge in [0.15, 0.2) is 5.82 Å². The molecule has 0 spiro atoms. The van der Waals surface area contributed by atoms with Crippen LogP contribution in [0.4, 0.5) is 5.13 Å². The monoisotopic (exact) mass is 284 g/mol. The number of hydrogen-bond donors (Lipinski definition) is 1. The van der Waals surface area contributed by atoms with Crippen LogP contribution in [-0.4, -0.2) is 53.2 Å². The first-order valence-corrected chi connectivity index (χ1v) is 7.68. The van der Waals surface area contributed by atoms with Crippen LogP contribution >= 0.6 is 11.5 Å². The van der Waals surface area contributed by atoms with Crippen molar-refractivity contribution in [1.82, 2.24) is 14.3 Å².